The highest BCUT2D eigenvalue weighted by molar-refractivity contribution is 6.05. The summed E-state index contributed by atoms with van der Waals surface area (Å²) >= 11 is 0. The summed E-state index contributed by atoms with van der Waals surface area (Å²) in [5.74, 6) is -0.844. The van der Waals surface area contributed by atoms with E-state index in [0.29, 0.717) is 40.0 Å². The molecule has 0 fully saturated rings. The summed E-state index contributed by atoms with van der Waals surface area (Å²) in [6.45, 7) is 2.13. The Bertz CT molecular complexity index is 2780. The number of carbonyl (C=O) groups excluding carboxylic acids is 4. The van der Waals surface area contributed by atoms with Crippen molar-refractivity contribution in [3.63, 3.8) is 0 Å². The standard InChI is InChI=1S/C45H39N7O7/c1-27-19-34-35(46-24-33-7-4-5-16-51(33)43(34)55)23-39(27)59-18-6-8-41(54)47-40-26-50(3)42(48-40)38(53)20-28-9-11-29(12-10-28)32-22-37(49(2)25-32)44(56)52-17-15-30-21-31(45(57)58)13-14-36(30)52/h4-5,7,9-17,19,21-26,33H,6,8,18,20H2,1-3H3,(H,47,54)(H,57,58)/t33-/m0/s1. The number of Topliss-reactive ketones (excluding diaryl/α,β-unsaturated/α-hetero) is 1. The van der Waals surface area contributed by atoms with Gasteiger partial charge in [0, 0.05) is 75.0 Å². The zero-order chi connectivity index (χ0) is 41.4. The van der Waals surface area contributed by atoms with E-state index in [2.05, 4.69) is 15.3 Å². The van der Waals surface area contributed by atoms with Gasteiger partial charge in [0.2, 0.25) is 11.7 Å². The summed E-state index contributed by atoms with van der Waals surface area (Å²) in [7, 11) is 3.49. The number of carboxylic acids is 1. The van der Waals surface area contributed by atoms with Gasteiger partial charge in [-0.3, -0.25) is 28.7 Å². The van der Waals surface area contributed by atoms with Gasteiger partial charge in [-0.05, 0) is 72.5 Å². The van der Waals surface area contributed by atoms with Crippen molar-refractivity contribution in [1.29, 1.82) is 0 Å². The quantitative estimate of drug-likeness (QED) is 0.0996. The zero-order valence-electron chi connectivity index (χ0n) is 32.5. The van der Waals surface area contributed by atoms with Crippen molar-refractivity contribution in [2.75, 3.05) is 11.9 Å². The molecule has 14 nitrogen and oxygen atoms in total. The van der Waals surface area contributed by atoms with Crippen LogP contribution >= 0.6 is 0 Å². The Morgan fingerprint density at radius 3 is 2.53 bits per heavy atom. The number of anilines is 1. The average Bonchev–Trinajstić information content (AvgIpc) is 3.92. The first-order chi connectivity index (χ1) is 28.4. The molecule has 59 heavy (non-hydrogen) atoms. The van der Waals surface area contributed by atoms with Crippen LogP contribution in [0, 0.1) is 6.92 Å². The van der Waals surface area contributed by atoms with Gasteiger partial charge in [0.15, 0.2) is 11.6 Å². The number of allylic oxidation sites excluding steroid dienone is 2. The monoisotopic (exact) mass is 789 g/mol. The number of ketones is 1. The first kappa shape index (κ1) is 38.3. The number of aromatic carboxylic acids is 1. The van der Waals surface area contributed by atoms with Gasteiger partial charge in [-0.2, -0.15) is 0 Å². The molecular formula is C45H39N7O7. The Labute approximate surface area is 338 Å². The van der Waals surface area contributed by atoms with Crippen LogP contribution in [0.1, 0.15) is 65.8 Å². The second-order valence-electron chi connectivity index (χ2n) is 14.5. The van der Waals surface area contributed by atoms with E-state index in [9.17, 15) is 29.1 Å². The lowest BCUT2D eigenvalue weighted by molar-refractivity contribution is -0.116. The lowest BCUT2D eigenvalue weighted by Gasteiger charge is -2.24. The molecule has 0 spiro atoms. The van der Waals surface area contributed by atoms with E-state index in [-0.39, 0.29) is 66.2 Å². The Morgan fingerprint density at radius 2 is 1.73 bits per heavy atom. The van der Waals surface area contributed by atoms with E-state index in [0.717, 1.165) is 22.3 Å². The van der Waals surface area contributed by atoms with Gasteiger partial charge in [-0.15, -0.1) is 0 Å². The number of benzene rings is 3. The van der Waals surface area contributed by atoms with Gasteiger partial charge in [-0.1, -0.05) is 36.4 Å². The van der Waals surface area contributed by atoms with Crippen molar-refractivity contribution >= 4 is 58.1 Å². The molecule has 6 aromatic rings. The molecular weight excluding hydrogens is 751 g/mol. The molecule has 0 unspecified atom stereocenters. The number of ether oxygens (including phenoxy) is 1. The van der Waals surface area contributed by atoms with E-state index >= 15 is 0 Å². The summed E-state index contributed by atoms with van der Waals surface area (Å²) in [5.41, 5.74) is 5.47. The fraction of sp³-hybridized carbons (Fsp3) is 0.178. The van der Waals surface area contributed by atoms with E-state index in [1.165, 1.54) is 16.7 Å². The number of nitrogens with one attached hydrogen (secondary N) is 1. The minimum absolute atomic E-state index is 0.0905. The minimum atomic E-state index is -1.03. The zero-order valence-corrected chi connectivity index (χ0v) is 32.5. The molecule has 2 aliphatic rings. The molecule has 14 heteroatoms. The largest absolute Gasteiger partial charge is 0.493 e. The lowest BCUT2D eigenvalue weighted by Crippen LogP contribution is -2.36. The van der Waals surface area contributed by atoms with Crippen molar-refractivity contribution in [1.82, 2.24) is 23.6 Å². The Morgan fingerprint density at radius 1 is 0.915 bits per heavy atom. The molecule has 0 saturated heterocycles. The number of imidazole rings is 1. The summed E-state index contributed by atoms with van der Waals surface area (Å²) in [6.07, 6.45) is 14.8. The van der Waals surface area contributed by atoms with Gasteiger partial charge in [0.25, 0.3) is 11.8 Å². The molecule has 2 N–H and O–H groups in total. The molecule has 0 aliphatic carbocycles. The van der Waals surface area contributed by atoms with Crippen molar-refractivity contribution in [2.24, 2.45) is 19.1 Å². The van der Waals surface area contributed by atoms with Gasteiger partial charge in [0.05, 0.1) is 35.0 Å². The highest BCUT2D eigenvalue weighted by Crippen LogP contribution is 2.33. The maximum absolute atomic E-state index is 13.5. The van der Waals surface area contributed by atoms with Crippen LogP contribution in [0.5, 0.6) is 5.75 Å². The lowest BCUT2D eigenvalue weighted by atomic mass is 10.0. The summed E-state index contributed by atoms with van der Waals surface area (Å²) < 4.78 is 10.8. The highest BCUT2D eigenvalue weighted by Gasteiger charge is 2.27. The second-order valence-corrected chi connectivity index (χ2v) is 14.5. The molecule has 0 radical (unpaired) electrons. The fourth-order valence-corrected chi connectivity index (χ4v) is 7.24. The van der Waals surface area contributed by atoms with Crippen LogP contribution in [-0.2, 0) is 25.3 Å². The van der Waals surface area contributed by atoms with Gasteiger partial charge in [0.1, 0.15) is 11.4 Å². The number of aliphatic imine (C=N–C) groups is 1. The molecule has 2 aliphatic heterocycles. The van der Waals surface area contributed by atoms with Crippen LogP contribution in [0.25, 0.3) is 22.0 Å². The number of amides is 2. The molecule has 3 aromatic carbocycles. The Kier molecular flexibility index (Phi) is 10.2. The summed E-state index contributed by atoms with van der Waals surface area (Å²) in [5, 5.41) is 12.7. The number of hydrogen-bond acceptors (Lipinski definition) is 8. The smallest absolute Gasteiger partial charge is 0.335 e. The fourth-order valence-electron chi connectivity index (χ4n) is 7.24. The Hall–Kier alpha value is -7.61. The molecule has 3 aromatic heterocycles. The molecule has 2 amide bonds. The van der Waals surface area contributed by atoms with Crippen LogP contribution in [0.4, 0.5) is 11.5 Å². The van der Waals surface area contributed by atoms with E-state index < -0.39 is 5.97 Å². The molecule has 0 bridgehead atoms. The molecule has 1 atom stereocenters. The Balaban J connectivity index is 0.838. The van der Waals surface area contributed by atoms with Crippen LogP contribution in [-0.4, -0.2) is 77.0 Å². The maximum Gasteiger partial charge on any atom is 0.335 e. The first-order valence-corrected chi connectivity index (χ1v) is 18.9. The number of fused-ring (bicyclic) bond motifs is 3. The SMILES string of the molecule is Cc1cc2c(cc1OCCCC(=O)Nc1cn(C)c(C(=O)Cc3ccc(-c4cc(C(=O)n5ccc6cc(C(=O)O)ccc65)n(C)c4)cc3)n1)N=C[C@@H]1C=CC=CN1C2=O. The third kappa shape index (κ3) is 7.75. The molecule has 8 rings (SSSR count). The van der Waals surface area contributed by atoms with Crippen molar-refractivity contribution in [2.45, 2.75) is 32.2 Å². The van der Waals surface area contributed by atoms with Crippen LogP contribution in [0.3, 0.4) is 0 Å². The number of hydrogen-bond donors (Lipinski definition) is 2. The maximum atomic E-state index is 13.5. The highest BCUT2D eigenvalue weighted by atomic mass is 16.5. The molecule has 5 heterocycles. The summed E-state index contributed by atoms with van der Waals surface area (Å²) in [4.78, 5) is 74.8. The van der Waals surface area contributed by atoms with E-state index in [1.54, 1.807) is 83.3 Å². The van der Waals surface area contributed by atoms with E-state index in [1.807, 2.05) is 55.6 Å². The van der Waals surface area contributed by atoms with Gasteiger partial charge >= 0.3 is 5.97 Å². The van der Waals surface area contributed by atoms with Gasteiger partial charge in [-0.25, -0.2) is 9.78 Å². The predicted molar refractivity (Wildman–Crippen MR) is 222 cm³/mol. The number of aromatic nitrogens is 4. The third-order valence-corrected chi connectivity index (χ3v) is 10.3. The van der Waals surface area contributed by atoms with E-state index in [4.69, 9.17) is 4.74 Å². The number of rotatable bonds is 12. The first-order valence-electron chi connectivity index (χ1n) is 18.9. The van der Waals surface area contributed by atoms with Crippen molar-refractivity contribution < 1.29 is 33.8 Å². The topological polar surface area (TPSA) is 170 Å². The van der Waals surface area contributed by atoms with Crippen LogP contribution in [0.15, 0.2) is 115 Å². The average molecular weight is 790 g/mol. The molecule has 0 saturated carbocycles. The minimum Gasteiger partial charge on any atom is -0.493 e. The predicted octanol–water partition coefficient (Wildman–Crippen LogP) is 6.91. The molecule has 296 valence electrons. The van der Waals surface area contributed by atoms with Gasteiger partial charge < -0.3 is 29.2 Å². The third-order valence-electron chi connectivity index (χ3n) is 10.3. The number of carbonyl (C=O) groups is 5. The number of nitrogens with zero attached hydrogens (tertiary/aromatic N) is 6. The second kappa shape index (κ2) is 15.7. The van der Waals surface area contributed by atoms with Crippen LogP contribution in [0.2, 0.25) is 0 Å². The van der Waals surface area contributed by atoms with Crippen LogP contribution < -0.4 is 10.1 Å². The number of aryl methyl sites for hydroxylation is 3. The summed E-state index contributed by atoms with van der Waals surface area (Å²) in [6, 6.07) is 18.9. The van der Waals surface area contributed by atoms with Crippen molar-refractivity contribution in [3.8, 4) is 16.9 Å². The van der Waals surface area contributed by atoms with Crippen molar-refractivity contribution in [3.05, 3.63) is 144 Å². The normalized spacial score (nSPS) is 14.3. The number of carboxylic acid groups (broad SMARTS) is 1.